The van der Waals surface area contributed by atoms with E-state index < -0.39 is 10.0 Å². The van der Waals surface area contributed by atoms with Crippen LogP contribution in [0.3, 0.4) is 0 Å². The zero-order valence-electron chi connectivity index (χ0n) is 18.6. The van der Waals surface area contributed by atoms with Crippen molar-refractivity contribution in [1.29, 1.82) is 0 Å². The summed E-state index contributed by atoms with van der Waals surface area (Å²) in [6.45, 7) is 9.81. The van der Waals surface area contributed by atoms with Crippen molar-refractivity contribution in [2.45, 2.75) is 31.7 Å². The maximum Gasteiger partial charge on any atom is 0.264 e. The first-order valence-electron chi connectivity index (χ1n) is 10.4. The van der Waals surface area contributed by atoms with Crippen molar-refractivity contribution in [3.63, 3.8) is 0 Å². The molecule has 0 aliphatic heterocycles. The third-order valence-corrected chi connectivity index (χ3v) is 7.09. The summed E-state index contributed by atoms with van der Waals surface area (Å²) in [6, 6.07) is 20.8. The van der Waals surface area contributed by atoms with E-state index in [1.165, 1.54) is 15.9 Å². The first kappa shape index (κ1) is 23.3. The van der Waals surface area contributed by atoms with E-state index in [-0.39, 0.29) is 23.4 Å². The van der Waals surface area contributed by atoms with Gasteiger partial charge < -0.3 is 5.32 Å². The average molecular weight is 449 g/mol. The van der Waals surface area contributed by atoms with E-state index in [0.717, 1.165) is 11.1 Å². The van der Waals surface area contributed by atoms with Gasteiger partial charge in [0.05, 0.1) is 23.2 Å². The van der Waals surface area contributed by atoms with Gasteiger partial charge in [-0.25, -0.2) is 8.42 Å². The Kier molecular flexibility index (Phi) is 7.15. The van der Waals surface area contributed by atoms with Crippen LogP contribution in [-0.2, 0) is 10.0 Å². The van der Waals surface area contributed by atoms with Crippen LogP contribution in [0.15, 0.2) is 90.3 Å². The van der Waals surface area contributed by atoms with E-state index >= 15 is 0 Å². The van der Waals surface area contributed by atoms with Crippen LogP contribution in [0.25, 0.3) is 0 Å². The molecule has 3 rings (SSSR count). The van der Waals surface area contributed by atoms with E-state index in [1.807, 2.05) is 32.9 Å². The zero-order valence-corrected chi connectivity index (χ0v) is 19.4. The molecule has 0 aromatic heterocycles. The summed E-state index contributed by atoms with van der Waals surface area (Å²) in [5, 5.41) is 3.02. The van der Waals surface area contributed by atoms with Crippen molar-refractivity contribution in [3.05, 3.63) is 108 Å². The number of anilines is 1. The Morgan fingerprint density at radius 3 is 2.28 bits per heavy atom. The maximum absolute atomic E-state index is 13.1. The lowest BCUT2D eigenvalue weighted by atomic mass is 10.00. The van der Waals surface area contributed by atoms with Crippen molar-refractivity contribution in [1.82, 2.24) is 5.32 Å². The predicted molar refractivity (Wildman–Crippen MR) is 129 cm³/mol. The van der Waals surface area contributed by atoms with Crippen molar-refractivity contribution < 1.29 is 13.2 Å². The molecule has 166 valence electrons. The molecule has 32 heavy (non-hydrogen) atoms. The lowest BCUT2D eigenvalue weighted by Crippen LogP contribution is -2.31. The highest BCUT2D eigenvalue weighted by molar-refractivity contribution is 7.92. The van der Waals surface area contributed by atoms with Crippen molar-refractivity contribution in [3.8, 4) is 0 Å². The first-order chi connectivity index (χ1) is 15.2. The minimum Gasteiger partial charge on any atom is -0.346 e. The fraction of sp³-hybridized carbons (Fsp3) is 0.192. The zero-order chi connectivity index (χ0) is 23.3. The number of benzene rings is 3. The van der Waals surface area contributed by atoms with E-state index in [2.05, 4.69) is 18.0 Å². The van der Waals surface area contributed by atoms with Crippen LogP contribution in [0.5, 0.6) is 0 Å². The van der Waals surface area contributed by atoms with Gasteiger partial charge in [-0.1, -0.05) is 48.0 Å². The predicted octanol–water partition coefficient (Wildman–Crippen LogP) is 5.18. The van der Waals surface area contributed by atoms with Crippen LogP contribution in [0.1, 0.15) is 40.0 Å². The second kappa shape index (κ2) is 9.83. The largest absolute Gasteiger partial charge is 0.346 e. The fourth-order valence-corrected chi connectivity index (χ4v) is 5.08. The third-order valence-electron chi connectivity index (χ3n) is 5.28. The Labute approximate surface area is 190 Å². The van der Waals surface area contributed by atoms with Gasteiger partial charge in [0, 0.05) is 5.56 Å². The molecule has 0 aliphatic carbocycles. The van der Waals surface area contributed by atoms with Gasteiger partial charge in [-0.3, -0.25) is 9.10 Å². The molecule has 1 amide bonds. The highest BCUT2D eigenvalue weighted by Crippen LogP contribution is 2.25. The molecule has 5 nitrogen and oxygen atoms in total. The molecule has 1 N–H and O–H groups in total. The second-order valence-electron chi connectivity index (χ2n) is 7.74. The van der Waals surface area contributed by atoms with Crippen molar-refractivity contribution >= 4 is 21.6 Å². The van der Waals surface area contributed by atoms with Crippen molar-refractivity contribution in [2.24, 2.45) is 0 Å². The number of aryl methyl sites for hydroxylation is 2. The van der Waals surface area contributed by atoms with Gasteiger partial charge in [-0.2, -0.15) is 0 Å². The molecule has 1 atom stereocenters. The average Bonchev–Trinajstić information content (AvgIpc) is 2.78. The normalized spacial score (nSPS) is 12.1. The molecule has 0 saturated carbocycles. The molecule has 6 heteroatoms. The third kappa shape index (κ3) is 5.08. The van der Waals surface area contributed by atoms with Gasteiger partial charge >= 0.3 is 0 Å². The smallest absolute Gasteiger partial charge is 0.264 e. The minimum absolute atomic E-state index is 0.118. The SMILES string of the molecule is C=CCN(c1ccc(C(=O)N[C@@H](C)c2ccc(C)cc2C)cc1)S(=O)(=O)c1ccccc1. The summed E-state index contributed by atoms with van der Waals surface area (Å²) in [4.78, 5) is 13.0. The molecule has 0 heterocycles. The molecule has 3 aromatic rings. The Morgan fingerprint density at radius 1 is 1.03 bits per heavy atom. The van der Waals surface area contributed by atoms with Crippen LogP contribution in [0.4, 0.5) is 5.69 Å². The van der Waals surface area contributed by atoms with Gasteiger partial charge in [0.25, 0.3) is 15.9 Å². The summed E-state index contributed by atoms with van der Waals surface area (Å²) in [7, 11) is -3.75. The highest BCUT2D eigenvalue weighted by Gasteiger charge is 2.24. The molecule has 0 unspecified atom stereocenters. The molecule has 0 aliphatic rings. The molecule has 0 fully saturated rings. The number of amides is 1. The van der Waals surface area contributed by atoms with Gasteiger partial charge in [-0.15, -0.1) is 6.58 Å². The lowest BCUT2D eigenvalue weighted by Gasteiger charge is -2.23. The number of carbonyl (C=O) groups is 1. The van der Waals surface area contributed by atoms with E-state index in [4.69, 9.17) is 0 Å². The number of sulfonamides is 1. The maximum atomic E-state index is 13.1. The van der Waals surface area contributed by atoms with Crippen LogP contribution >= 0.6 is 0 Å². The Balaban J connectivity index is 1.80. The highest BCUT2D eigenvalue weighted by atomic mass is 32.2. The number of nitrogens with one attached hydrogen (secondary N) is 1. The molecular weight excluding hydrogens is 420 g/mol. The number of rotatable bonds is 8. The monoisotopic (exact) mass is 448 g/mol. The number of nitrogens with zero attached hydrogens (tertiary/aromatic N) is 1. The van der Waals surface area contributed by atoms with Crippen LogP contribution < -0.4 is 9.62 Å². The number of hydrogen-bond acceptors (Lipinski definition) is 3. The Hall–Kier alpha value is -3.38. The topological polar surface area (TPSA) is 66.5 Å². The summed E-state index contributed by atoms with van der Waals surface area (Å²) in [5.41, 5.74) is 4.29. The van der Waals surface area contributed by atoms with Gasteiger partial charge in [-0.05, 0) is 68.3 Å². The standard InChI is InChI=1S/C26H28N2O3S/c1-5-17-28(32(30,31)24-9-7-6-8-10-24)23-14-12-22(13-15-23)26(29)27-21(4)25-16-11-19(2)18-20(25)3/h5-16,18,21H,1,17H2,2-4H3,(H,27,29)/t21-/m0/s1. The van der Waals surface area contributed by atoms with Gasteiger partial charge in [0.15, 0.2) is 0 Å². The Morgan fingerprint density at radius 2 is 1.69 bits per heavy atom. The van der Waals surface area contributed by atoms with E-state index in [1.54, 1.807) is 54.6 Å². The minimum atomic E-state index is -3.75. The summed E-state index contributed by atoms with van der Waals surface area (Å²) >= 11 is 0. The van der Waals surface area contributed by atoms with E-state index in [0.29, 0.717) is 11.3 Å². The summed E-state index contributed by atoms with van der Waals surface area (Å²) in [5.74, 6) is -0.217. The van der Waals surface area contributed by atoms with Crippen molar-refractivity contribution in [2.75, 3.05) is 10.8 Å². The Bertz CT molecular complexity index is 1200. The van der Waals surface area contributed by atoms with Crippen LogP contribution in [0.2, 0.25) is 0 Å². The summed E-state index contributed by atoms with van der Waals surface area (Å²) in [6.07, 6.45) is 1.53. The van der Waals surface area contributed by atoms with E-state index in [9.17, 15) is 13.2 Å². The molecular formula is C26H28N2O3S. The van der Waals surface area contributed by atoms with Crippen LogP contribution in [0, 0.1) is 13.8 Å². The number of hydrogen-bond donors (Lipinski definition) is 1. The first-order valence-corrected chi connectivity index (χ1v) is 11.8. The quantitative estimate of drug-likeness (QED) is 0.483. The van der Waals surface area contributed by atoms with Crippen LogP contribution in [-0.4, -0.2) is 20.9 Å². The van der Waals surface area contributed by atoms with Gasteiger partial charge in [0.2, 0.25) is 0 Å². The molecule has 3 aromatic carbocycles. The second-order valence-corrected chi connectivity index (χ2v) is 9.60. The van der Waals surface area contributed by atoms with Gasteiger partial charge in [0.1, 0.15) is 0 Å². The molecule has 0 spiro atoms. The molecule has 0 saturated heterocycles. The summed E-state index contributed by atoms with van der Waals surface area (Å²) < 4.78 is 27.5. The fourth-order valence-electron chi connectivity index (χ4n) is 3.63. The molecule has 0 bridgehead atoms. The number of carbonyl (C=O) groups excluding carboxylic acids is 1. The molecule has 0 radical (unpaired) electrons. The lowest BCUT2D eigenvalue weighted by molar-refractivity contribution is 0.0940.